The highest BCUT2D eigenvalue weighted by Gasteiger charge is 2.12. The molecule has 0 aliphatic heterocycles. The van der Waals surface area contributed by atoms with Gasteiger partial charge in [0.2, 0.25) is 5.82 Å². The van der Waals surface area contributed by atoms with Crippen molar-refractivity contribution < 1.29 is 4.79 Å². The molecule has 0 unspecified atom stereocenters. The first-order valence-electron chi connectivity index (χ1n) is 6.67. The fraction of sp³-hybridized carbons (Fsp3) is 0.0625. The number of aromatic nitrogens is 3. The molecule has 0 saturated carbocycles. The maximum Gasteiger partial charge on any atom is 0.295 e. The highest BCUT2D eigenvalue weighted by Crippen LogP contribution is 2.13. The van der Waals surface area contributed by atoms with Gasteiger partial charge in [0.05, 0.1) is 5.69 Å². The third-order valence-electron chi connectivity index (χ3n) is 3.06. The molecule has 2 aromatic carbocycles. The van der Waals surface area contributed by atoms with Gasteiger partial charge in [-0.3, -0.25) is 4.79 Å². The smallest absolute Gasteiger partial charge is 0.295 e. The zero-order valence-electron chi connectivity index (χ0n) is 11.8. The number of aryl methyl sites for hydroxylation is 1. The Hall–Kier alpha value is -2.66. The Kier molecular flexibility index (Phi) is 3.89. The van der Waals surface area contributed by atoms with Gasteiger partial charge in [0.25, 0.3) is 5.91 Å². The number of carbonyl (C=O) groups excluding carboxylic acids is 1. The lowest BCUT2D eigenvalue weighted by molar-refractivity contribution is 0.101. The molecule has 1 heterocycles. The fourth-order valence-corrected chi connectivity index (χ4v) is 2.12. The van der Waals surface area contributed by atoms with Crippen molar-refractivity contribution in [2.45, 2.75) is 6.92 Å². The minimum atomic E-state index is -0.349. The van der Waals surface area contributed by atoms with E-state index in [1.807, 2.05) is 31.2 Å². The summed E-state index contributed by atoms with van der Waals surface area (Å²) in [6.45, 7) is 1.96. The minimum absolute atomic E-state index is 0.108. The van der Waals surface area contributed by atoms with E-state index in [0.717, 1.165) is 11.3 Å². The molecule has 1 amide bonds. The molecule has 0 aliphatic carbocycles. The lowest BCUT2D eigenvalue weighted by Crippen LogP contribution is -2.14. The third-order valence-corrected chi connectivity index (χ3v) is 3.31. The van der Waals surface area contributed by atoms with Crippen LogP contribution in [0.1, 0.15) is 16.2 Å². The molecular formula is C16H13ClN4O. The van der Waals surface area contributed by atoms with Crippen LogP contribution in [-0.2, 0) is 0 Å². The molecule has 22 heavy (non-hydrogen) atoms. The molecule has 5 nitrogen and oxygen atoms in total. The average Bonchev–Trinajstić information content (AvgIpc) is 2.98. The lowest BCUT2D eigenvalue weighted by Gasteiger charge is -2.03. The first-order chi connectivity index (χ1) is 10.6. The number of rotatable bonds is 3. The van der Waals surface area contributed by atoms with Gasteiger partial charge in [-0.2, -0.15) is 0 Å². The topological polar surface area (TPSA) is 59.8 Å². The first-order valence-corrected chi connectivity index (χ1v) is 7.05. The molecule has 0 atom stereocenters. The van der Waals surface area contributed by atoms with Crippen molar-refractivity contribution in [2.75, 3.05) is 5.32 Å². The number of nitrogens with one attached hydrogen (secondary N) is 1. The first kappa shape index (κ1) is 14.3. The normalized spacial score (nSPS) is 10.5. The molecular weight excluding hydrogens is 300 g/mol. The summed E-state index contributed by atoms with van der Waals surface area (Å²) in [6.07, 6.45) is 1.49. The van der Waals surface area contributed by atoms with E-state index in [1.54, 1.807) is 24.3 Å². The zero-order valence-corrected chi connectivity index (χ0v) is 12.6. The van der Waals surface area contributed by atoms with Crippen LogP contribution in [0, 0.1) is 6.92 Å². The Morgan fingerprint density at radius 1 is 1.18 bits per heavy atom. The molecule has 0 aliphatic rings. The SMILES string of the molecule is Cc1cccc(NC(=O)c2ncn(-c3ccc(Cl)cc3)n2)c1. The molecule has 3 aromatic rings. The van der Waals surface area contributed by atoms with Gasteiger partial charge < -0.3 is 5.32 Å². The maximum atomic E-state index is 12.2. The number of halogens is 1. The third kappa shape index (κ3) is 3.15. The van der Waals surface area contributed by atoms with Gasteiger partial charge in [0, 0.05) is 10.7 Å². The summed E-state index contributed by atoms with van der Waals surface area (Å²) < 4.78 is 1.53. The Morgan fingerprint density at radius 2 is 1.95 bits per heavy atom. The Balaban J connectivity index is 1.78. The number of hydrogen-bond acceptors (Lipinski definition) is 3. The van der Waals surface area contributed by atoms with Crippen molar-refractivity contribution in [3.05, 3.63) is 71.3 Å². The molecule has 110 valence electrons. The van der Waals surface area contributed by atoms with Gasteiger partial charge in [-0.15, -0.1) is 5.10 Å². The lowest BCUT2D eigenvalue weighted by atomic mass is 10.2. The molecule has 1 aromatic heterocycles. The number of carbonyl (C=O) groups is 1. The van der Waals surface area contributed by atoms with E-state index in [4.69, 9.17) is 11.6 Å². The van der Waals surface area contributed by atoms with E-state index in [1.165, 1.54) is 11.0 Å². The highest BCUT2D eigenvalue weighted by atomic mass is 35.5. The molecule has 3 rings (SSSR count). The zero-order chi connectivity index (χ0) is 15.5. The number of anilines is 1. The van der Waals surface area contributed by atoms with Crippen molar-refractivity contribution in [2.24, 2.45) is 0 Å². The van der Waals surface area contributed by atoms with E-state index >= 15 is 0 Å². The second-order valence-corrected chi connectivity index (χ2v) is 5.25. The van der Waals surface area contributed by atoms with Crippen LogP contribution in [0.5, 0.6) is 0 Å². The van der Waals surface area contributed by atoms with Crippen molar-refractivity contribution in [3.8, 4) is 5.69 Å². The monoisotopic (exact) mass is 312 g/mol. The van der Waals surface area contributed by atoms with E-state index in [9.17, 15) is 4.79 Å². The van der Waals surface area contributed by atoms with Crippen LogP contribution in [0.4, 0.5) is 5.69 Å². The van der Waals surface area contributed by atoms with Gasteiger partial charge >= 0.3 is 0 Å². The van der Waals surface area contributed by atoms with Crippen LogP contribution in [0.2, 0.25) is 5.02 Å². The van der Waals surface area contributed by atoms with Crippen molar-refractivity contribution in [3.63, 3.8) is 0 Å². The number of hydrogen-bond donors (Lipinski definition) is 1. The number of amides is 1. The highest BCUT2D eigenvalue weighted by molar-refractivity contribution is 6.30. The van der Waals surface area contributed by atoms with Crippen molar-refractivity contribution >= 4 is 23.2 Å². The predicted octanol–water partition coefficient (Wildman–Crippen LogP) is 3.48. The molecule has 6 heteroatoms. The summed E-state index contributed by atoms with van der Waals surface area (Å²) in [5, 5.41) is 7.59. The minimum Gasteiger partial charge on any atom is -0.319 e. The summed E-state index contributed by atoms with van der Waals surface area (Å²) >= 11 is 5.85. The van der Waals surface area contributed by atoms with Gasteiger partial charge in [-0.25, -0.2) is 9.67 Å². The second kappa shape index (κ2) is 5.99. The van der Waals surface area contributed by atoms with Crippen LogP contribution in [0.15, 0.2) is 54.9 Å². The number of benzene rings is 2. The Labute approximate surface area is 132 Å². The quantitative estimate of drug-likeness (QED) is 0.805. The van der Waals surface area contributed by atoms with Gasteiger partial charge in [-0.1, -0.05) is 23.7 Å². The van der Waals surface area contributed by atoms with Crippen LogP contribution < -0.4 is 5.32 Å². The molecule has 0 fully saturated rings. The fourth-order valence-electron chi connectivity index (χ4n) is 2.00. The van der Waals surface area contributed by atoms with E-state index in [-0.39, 0.29) is 11.7 Å². The average molecular weight is 313 g/mol. The van der Waals surface area contributed by atoms with E-state index < -0.39 is 0 Å². The predicted molar refractivity (Wildman–Crippen MR) is 85.5 cm³/mol. The Morgan fingerprint density at radius 3 is 2.68 bits per heavy atom. The summed E-state index contributed by atoms with van der Waals surface area (Å²) in [4.78, 5) is 16.2. The maximum absolute atomic E-state index is 12.2. The standard InChI is InChI=1S/C16H13ClN4O/c1-11-3-2-4-13(9-11)19-16(22)15-18-10-21(20-15)14-7-5-12(17)6-8-14/h2-10H,1H3,(H,19,22). The number of nitrogens with zero attached hydrogens (tertiary/aromatic N) is 3. The summed E-state index contributed by atoms with van der Waals surface area (Å²) in [6, 6.07) is 14.7. The van der Waals surface area contributed by atoms with Gasteiger partial charge in [0.1, 0.15) is 6.33 Å². The molecule has 1 N–H and O–H groups in total. The van der Waals surface area contributed by atoms with Gasteiger partial charge in [0.15, 0.2) is 0 Å². The van der Waals surface area contributed by atoms with Crippen LogP contribution >= 0.6 is 11.6 Å². The second-order valence-electron chi connectivity index (χ2n) is 4.81. The molecule has 0 saturated heterocycles. The van der Waals surface area contributed by atoms with E-state index in [0.29, 0.717) is 10.7 Å². The Bertz CT molecular complexity index is 811. The van der Waals surface area contributed by atoms with Crippen molar-refractivity contribution in [1.29, 1.82) is 0 Å². The summed E-state index contributed by atoms with van der Waals surface area (Å²) in [5.41, 5.74) is 2.57. The van der Waals surface area contributed by atoms with Crippen molar-refractivity contribution in [1.82, 2.24) is 14.8 Å². The van der Waals surface area contributed by atoms with Crippen LogP contribution in [0.3, 0.4) is 0 Å². The van der Waals surface area contributed by atoms with E-state index in [2.05, 4.69) is 15.4 Å². The molecule has 0 radical (unpaired) electrons. The molecule has 0 bridgehead atoms. The summed E-state index contributed by atoms with van der Waals surface area (Å²) in [5.74, 6) is -0.241. The summed E-state index contributed by atoms with van der Waals surface area (Å²) in [7, 11) is 0. The largest absolute Gasteiger partial charge is 0.319 e. The molecule has 0 spiro atoms. The van der Waals surface area contributed by atoms with Gasteiger partial charge in [-0.05, 0) is 48.9 Å². The van der Waals surface area contributed by atoms with Crippen LogP contribution in [-0.4, -0.2) is 20.7 Å². The van der Waals surface area contributed by atoms with Crippen LogP contribution in [0.25, 0.3) is 5.69 Å².